The first-order valence-electron chi connectivity index (χ1n) is 24.1. The summed E-state index contributed by atoms with van der Waals surface area (Å²) in [5, 5.41) is 26.5. The Balaban J connectivity index is 0.805. The van der Waals surface area contributed by atoms with Crippen molar-refractivity contribution in [3.63, 3.8) is 0 Å². The third kappa shape index (κ3) is 10.4. The number of aryl methyl sites for hydroxylation is 2. The van der Waals surface area contributed by atoms with Crippen LogP contribution in [0.4, 0.5) is 14.5 Å². The molecule has 0 saturated carbocycles. The molecule has 0 spiro atoms. The number of imidazole rings is 1. The number of nitrogens with zero attached hydrogens (tertiary/aromatic N) is 6. The van der Waals surface area contributed by atoms with Crippen LogP contribution in [-0.4, -0.2) is 138 Å². The van der Waals surface area contributed by atoms with Gasteiger partial charge in [0.2, 0.25) is 23.6 Å². The second-order valence-corrected chi connectivity index (χ2v) is 19.0. The van der Waals surface area contributed by atoms with Crippen molar-refractivity contribution in [3.8, 4) is 5.75 Å². The molecule has 4 amide bonds. The average Bonchev–Trinajstić information content (AvgIpc) is 3.58. The molecule has 5 N–H and O–H groups in total. The number of aromatic nitrogens is 2. The predicted molar refractivity (Wildman–Crippen MR) is 255 cm³/mol. The number of allylic oxidation sites excluding steroid dienone is 1. The van der Waals surface area contributed by atoms with Gasteiger partial charge in [0.15, 0.2) is 0 Å². The van der Waals surface area contributed by atoms with Crippen molar-refractivity contribution in [2.75, 3.05) is 70.9 Å². The van der Waals surface area contributed by atoms with Gasteiger partial charge in [-0.25, -0.2) is 13.6 Å². The van der Waals surface area contributed by atoms with Crippen molar-refractivity contribution >= 4 is 58.0 Å². The minimum Gasteiger partial charge on any atom is -0.493 e. The van der Waals surface area contributed by atoms with E-state index in [9.17, 15) is 38.2 Å². The van der Waals surface area contributed by atoms with Gasteiger partial charge >= 0.3 is 5.69 Å². The van der Waals surface area contributed by atoms with Crippen molar-refractivity contribution in [1.82, 2.24) is 39.8 Å². The zero-order chi connectivity index (χ0) is 48.2. The number of ether oxygens (including phenoxy) is 1. The minimum absolute atomic E-state index is 0.0611. The molecule has 1 aromatic heterocycles. The number of likely N-dealkylation sites (tertiary alicyclic amines) is 3. The van der Waals surface area contributed by atoms with Gasteiger partial charge in [0.25, 0.3) is 6.43 Å². The lowest BCUT2D eigenvalue weighted by atomic mass is 9.86. The molecule has 68 heavy (non-hydrogen) atoms. The molecule has 5 aliphatic heterocycles. The lowest BCUT2D eigenvalue weighted by Crippen LogP contribution is -2.59. The van der Waals surface area contributed by atoms with Gasteiger partial charge in [-0.15, -0.1) is 0 Å². The highest BCUT2D eigenvalue weighted by molar-refractivity contribution is 6.09. The molecule has 0 aliphatic carbocycles. The molecule has 0 bridgehead atoms. The smallest absolute Gasteiger partial charge is 0.329 e. The summed E-state index contributed by atoms with van der Waals surface area (Å²) >= 11 is 0. The van der Waals surface area contributed by atoms with E-state index in [2.05, 4.69) is 20.9 Å². The lowest BCUT2D eigenvalue weighted by Gasteiger charge is -2.45. The maximum absolute atomic E-state index is 14.6. The lowest BCUT2D eigenvalue weighted by molar-refractivity contribution is -0.136. The van der Waals surface area contributed by atoms with Crippen LogP contribution in [0.2, 0.25) is 0 Å². The molecular weight excluding hydrogens is 877 g/mol. The normalized spacial score (nSPS) is 22.4. The summed E-state index contributed by atoms with van der Waals surface area (Å²) in [5.74, 6) is 0.202. The first kappa shape index (κ1) is 48.5. The molecule has 4 fully saturated rings. The average molecular weight is 942 g/mol. The van der Waals surface area contributed by atoms with Crippen LogP contribution in [0.5, 0.6) is 5.75 Å². The molecule has 366 valence electrons. The first-order chi connectivity index (χ1) is 32.7. The number of carbonyl (C=O) groups is 4. The summed E-state index contributed by atoms with van der Waals surface area (Å²) in [4.78, 5) is 71.4. The molecule has 17 nitrogen and oxygen atoms in total. The van der Waals surface area contributed by atoms with Crippen LogP contribution in [0, 0.1) is 22.7 Å². The molecule has 6 heterocycles. The number of hydrogen-bond acceptors (Lipinski definition) is 11. The number of fused-ring (bicyclic) bond motifs is 2. The number of piperidine rings is 4. The Labute approximate surface area is 395 Å². The maximum atomic E-state index is 14.6. The summed E-state index contributed by atoms with van der Waals surface area (Å²) in [6.07, 6.45) is 6.17. The predicted octanol–water partition coefficient (Wildman–Crippen LogP) is 4.19. The van der Waals surface area contributed by atoms with Gasteiger partial charge in [-0.05, 0) is 106 Å². The van der Waals surface area contributed by atoms with Crippen LogP contribution in [0.3, 0.4) is 0 Å². The molecule has 5 aliphatic rings. The number of alkyl halides is 2. The Hall–Kier alpha value is -5.95. The highest BCUT2D eigenvalue weighted by Crippen LogP contribution is 2.38. The largest absolute Gasteiger partial charge is 0.493 e. The van der Waals surface area contributed by atoms with Crippen LogP contribution >= 0.6 is 0 Å². The van der Waals surface area contributed by atoms with E-state index in [0.717, 1.165) is 57.0 Å². The van der Waals surface area contributed by atoms with E-state index in [4.69, 9.17) is 10.1 Å². The molecule has 2 aromatic carbocycles. The Morgan fingerprint density at radius 3 is 2.38 bits per heavy atom. The number of imide groups is 1. The van der Waals surface area contributed by atoms with E-state index in [0.29, 0.717) is 110 Å². The van der Waals surface area contributed by atoms with Gasteiger partial charge < -0.3 is 40.4 Å². The van der Waals surface area contributed by atoms with Crippen molar-refractivity contribution in [3.05, 3.63) is 63.7 Å². The van der Waals surface area contributed by atoms with Gasteiger partial charge in [0.05, 0.1) is 17.6 Å². The van der Waals surface area contributed by atoms with Gasteiger partial charge in [-0.3, -0.25) is 39.0 Å². The van der Waals surface area contributed by atoms with E-state index in [1.165, 1.54) is 28.3 Å². The summed E-state index contributed by atoms with van der Waals surface area (Å²) in [6, 6.07) is 7.92. The van der Waals surface area contributed by atoms with Crippen LogP contribution in [-0.2, 0) is 32.6 Å². The first-order valence-corrected chi connectivity index (χ1v) is 24.1. The van der Waals surface area contributed by atoms with Crippen molar-refractivity contribution in [2.45, 2.75) is 95.7 Å². The molecule has 19 heteroatoms. The van der Waals surface area contributed by atoms with Crippen LogP contribution in [0.25, 0.3) is 16.6 Å². The zero-order valence-corrected chi connectivity index (χ0v) is 39.3. The summed E-state index contributed by atoms with van der Waals surface area (Å²) in [6.45, 7) is 7.16. The summed E-state index contributed by atoms with van der Waals surface area (Å²) in [5.41, 5.74) is 2.85. The fraction of sp³-hybridized carbons (Fsp3) is 0.571. The number of halogens is 2. The third-order valence-corrected chi connectivity index (χ3v) is 14.8. The molecule has 3 aromatic rings. The van der Waals surface area contributed by atoms with E-state index < -0.39 is 18.4 Å². The standard InChI is InChI=1S/C49H65F2N11O6/c1-30(63)60-22-14-39(38(28-60)47(53)61-16-4-5-32-23-36(33(26-52)27-54-2)37(46(50)51)25-42(32)61)55-34-12-20-59(21-13-34)45(65)15-19-58-17-10-31(11-18-58)29-68-35-6-7-40-43(24-35)57(3)49(67)62(40)41-8-9-44(64)56-48(41)66/h6-7,23-27,31,34,38-39,41,46,52-55H,4-5,8-22,28-29H2,1-3H3,(H,56,64,66)/b33-27+,52-26?,53-47?. The molecule has 8 rings (SSSR count). The van der Waals surface area contributed by atoms with Crippen LogP contribution < -0.4 is 31.3 Å². The van der Waals surface area contributed by atoms with E-state index in [-0.39, 0.29) is 59.8 Å². The SMILES string of the molecule is CN/C=C(\C=N)c1cc2c(cc1C(F)F)N(C(=N)C1CN(C(C)=O)CCC1NC1CCN(C(=O)CCN3CCC(COc4ccc5c(c4)n(C)c(=O)n5C4CCC(=O)NC4=O)CC3)CC1)CCC2. The van der Waals surface area contributed by atoms with Gasteiger partial charge in [0.1, 0.15) is 17.6 Å². The van der Waals surface area contributed by atoms with Crippen molar-refractivity contribution in [2.24, 2.45) is 18.9 Å². The second kappa shape index (κ2) is 21.1. The summed E-state index contributed by atoms with van der Waals surface area (Å²) in [7, 11) is 3.32. The number of carbonyl (C=O) groups excluding carboxylic acids is 4. The van der Waals surface area contributed by atoms with Crippen molar-refractivity contribution < 1.29 is 32.7 Å². The zero-order valence-electron chi connectivity index (χ0n) is 39.3. The molecule has 3 atom stereocenters. The van der Waals surface area contributed by atoms with Crippen LogP contribution in [0.15, 0.2) is 41.3 Å². The van der Waals surface area contributed by atoms with Crippen molar-refractivity contribution in [1.29, 1.82) is 10.8 Å². The van der Waals surface area contributed by atoms with Gasteiger partial charge in [-0.1, -0.05) is 0 Å². The number of amidine groups is 1. The molecule has 3 unspecified atom stereocenters. The fourth-order valence-corrected chi connectivity index (χ4v) is 10.9. The summed E-state index contributed by atoms with van der Waals surface area (Å²) < 4.78 is 38.3. The number of rotatable bonds is 14. The van der Waals surface area contributed by atoms with E-state index in [1.54, 1.807) is 31.1 Å². The molecular formula is C49H65F2N11O6. The minimum atomic E-state index is -2.78. The Morgan fingerprint density at radius 2 is 1.69 bits per heavy atom. The highest BCUT2D eigenvalue weighted by Gasteiger charge is 2.39. The molecule has 0 radical (unpaired) electrons. The monoisotopic (exact) mass is 942 g/mol. The van der Waals surface area contributed by atoms with Gasteiger partial charge in [0, 0.05) is 126 Å². The Bertz CT molecular complexity index is 2510. The highest BCUT2D eigenvalue weighted by atomic mass is 19.3. The van der Waals surface area contributed by atoms with E-state index >= 15 is 0 Å². The quantitative estimate of drug-likeness (QED) is 0.0887. The number of hydrogen-bond donors (Lipinski definition) is 5. The van der Waals surface area contributed by atoms with E-state index in [1.807, 2.05) is 21.9 Å². The Morgan fingerprint density at radius 1 is 0.941 bits per heavy atom. The molecule has 4 saturated heterocycles. The van der Waals surface area contributed by atoms with Gasteiger partial charge in [-0.2, -0.15) is 0 Å². The topological polar surface area (TPSA) is 201 Å². The van der Waals surface area contributed by atoms with Crippen LogP contribution in [0.1, 0.15) is 93.9 Å². The number of amides is 4. The second-order valence-electron chi connectivity index (χ2n) is 19.0. The fourth-order valence-electron chi connectivity index (χ4n) is 10.9. The third-order valence-electron chi connectivity index (χ3n) is 14.8. The number of nitrogens with one attached hydrogen (secondary N) is 5. The number of benzene rings is 2. The maximum Gasteiger partial charge on any atom is 0.329 e. The Kier molecular flexibility index (Phi) is 15.1. The number of anilines is 1.